The molecule has 3 aromatic rings. The van der Waals surface area contributed by atoms with Crippen LogP contribution >= 0.6 is 0 Å². The van der Waals surface area contributed by atoms with E-state index in [0.29, 0.717) is 23.1 Å². The molecule has 3 heterocycles. The third-order valence-corrected chi connectivity index (χ3v) is 5.07. The second kappa shape index (κ2) is 7.26. The zero-order chi connectivity index (χ0) is 19.7. The molecule has 1 aliphatic rings. The highest BCUT2D eigenvalue weighted by Gasteiger charge is 2.30. The molecule has 1 unspecified atom stereocenters. The van der Waals surface area contributed by atoms with Crippen LogP contribution in [0.15, 0.2) is 41.5 Å². The first-order valence-corrected chi connectivity index (χ1v) is 9.13. The van der Waals surface area contributed by atoms with Crippen LogP contribution in [0.5, 0.6) is 0 Å². The van der Waals surface area contributed by atoms with Crippen molar-refractivity contribution in [3.63, 3.8) is 0 Å². The van der Waals surface area contributed by atoms with Crippen molar-refractivity contribution >= 4 is 22.7 Å². The molecule has 1 atom stereocenters. The van der Waals surface area contributed by atoms with E-state index in [1.807, 2.05) is 6.07 Å². The van der Waals surface area contributed by atoms with Crippen molar-refractivity contribution in [3.8, 4) is 0 Å². The molecule has 4 rings (SSSR count). The van der Waals surface area contributed by atoms with Gasteiger partial charge in [0.25, 0.3) is 11.5 Å². The molecule has 0 spiro atoms. The molecule has 144 valence electrons. The van der Waals surface area contributed by atoms with Gasteiger partial charge in [0.05, 0.1) is 29.0 Å². The number of primary amides is 1. The van der Waals surface area contributed by atoms with E-state index in [1.54, 1.807) is 29.2 Å². The van der Waals surface area contributed by atoms with E-state index in [4.69, 9.17) is 5.73 Å². The number of aromatic amines is 1. The van der Waals surface area contributed by atoms with Gasteiger partial charge >= 0.3 is 0 Å². The Morgan fingerprint density at radius 2 is 2.07 bits per heavy atom. The van der Waals surface area contributed by atoms with Crippen LogP contribution in [0.2, 0.25) is 0 Å². The monoisotopic (exact) mass is 380 g/mol. The Morgan fingerprint density at radius 3 is 2.86 bits per heavy atom. The van der Waals surface area contributed by atoms with E-state index in [9.17, 15) is 14.4 Å². The number of piperidine rings is 1. The maximum Gasteiger partial charge on any atom is 0.269 e. The topological polar surface area (TPSA) is 127 Å². The predicted molar refractivity (Wildman–Crippen MR) is 101 cm³/mol. The lowest BCUT2D eigenvalue weighted by Gasteiger charge is -2.35. The van der Waals surface area contributed by atoms with Crippen LogP contribution < -0.4 is 11.3 Å². The van der Waals surface area contributed by atoms with Crippen molar-refractivity contribution in [2.45, 2.75) is 31.8 Å². The number of nitrogens with zero attached hydrogens (tertiary/aromatic N) is 4. The van der Waals surface area contributed by atoms with Crippen molar-refractivity contribution in [1.82, 2.24) is 24.6 Å². The Hall–Kier alpha value is -3.49. The van der Waals surface area contributed by atoms with Gasteiger partial charge in [-0.2, -0.15) is 5.10 Å². The Bertz CT molecular complexity index is 1100. The molecule has 2 aromatic heterocycles. The van der Waals surface area contributed by atoms with Crippen molar-refractivity contribution in [1.29, 1.82) is 0 Å². The van der Waals surface area contributed by atoms with Crippen molar-refractivity contribution in [3.05, 3.63) is 58.4 Å². The number of carbonyl (C=O) groups excluding carboxylic acids is 2. The number of amides is 2. The Kier molecular flexibility index (Phi) is 4.64. The summed E-state index contributed by atoms with van der Waals surface area (Å²) in [6, 6.07) is 8.40. The van der Waals surface area contributed by atoms with E-state index in [-0.39, 0.29) is 29.7 Å². The zero-order valence-electron chi connectivity index (χ0n) is 15.2. The molecule has 1 aliphatic heterocycles. The Labute approximate surface area is 160 Å². The van der Waals surface area contributed by atoms with E-state index in [0.717, 1.165) is 19.3 Å². The summed E-state index contributed by atoms with van der Waals surface area (Å²) in [5.74, 6) is -0.802. The van der Waals surface area contributed by atoms with Crippen LogP contribution in [0.25, 0.3) is 10.9 Å². The lowest BCUT2D eigenvalue weighted by atomic mass is 9.99. The molecule has 28 heavy (non-hydrogen) atoms. The van der Waals surface area contributed by atoms with Gasteiger partial charge in [0, 0.05) is 6.54 Å². The summed E-state index contributed by atoms with van der Waals surface area (Å²) in [6.45, 7) is 0.480. The van der Waals surface area contributed by atoms with E-state index in [2.05, 4.69) is 15.2 Å². The largest absolute Gasteiger partial charge is 0.364 e. The summed E-state index contributed by atoms with van der Waals surface area (Å²) in [4.78, 5) is 43.0. The summed E-state index contributed by atoms with van der Waals surface area (Å²) in [5, 5.41) is 7.21. The summed E-state index contributed by atoms with van der Waals surface area (Å²) >= 11 is 0. The van der Waals surface area contributed by atoms with Crippen LogP contribution in [0.4, 0.5) is 0 Å². The molecule has 0 radical (unpaired) electrons. The molecule has 0 saturated carbocycles. The van der Waals surface area contributed by atoms with Gasteiger partial charge in [0.1, 0.15) is 12.2 Å². The number of aromatic nitrogens is 4. The molecule has 1 saturated heterocycles. The van der Waals surface area contributed by atoms with Crippen molar-refractivity contribution in [2.75, 3.05) is 6.54 Å². The van der Waals surface area contributed by atoms with E-state index in [1.165, 1.54) is 10.9 Å². The first-order chi connectivity index (χ1) is 13.5. The number of H-pyrrole nitrogens is 1. The number of hydrogen-bond acceptors (Lipinski definition) is 5. The zero-order valence-corrected chi connectivity index (χ0v) is 15.2. The molecule has 2 amide bonds. The van der Waals surface area contributed by atoms with Gasteiger partial charge in [0.15, 0.2) is 0 Å². The maximum atomic E-state index is 13.0. The molecular weight excluding hydrogens is 360 g/mol. The molecule has 3 N–H and O–H groups in total. The molecule has 9 heteroatoms. The lowest BCUT2D eigenvalue weighted by Crippen LogP contribution is -2.41. The minimum absolute atomic E-state index is 0.0933. The molecule has 9 nitrogen and oxygen atoms in total. The number of para-hydroxylation sites is 1. The summed E-state index contributed by atoms with van der Waals surface area (Å²) in [6.07, 6.45) is 3.99. The van der Waals surface area contributed by atoms with Crippen molar-refractivity contribution < 1.29 is 9.59 Å². The first kappa shape index (κ1) is 17.9. The minimum Gasteiger partial charge on any atom is -0.364 e. The number of hydrogen-bond donors (Lipinski definition) is 2. The molecule has 0 aliphatic carbocycles. The normalized spacial score (nSPS) is 17.0. The number of carbonyl (C=O) groups is 2. The summed E-state index contributed by atoms with van der Waals surface area (Å²) < 4.78 is 1.33. The molecular formula is C19H20N6O3. The number of likely N-dealkylation sites (tertiary alicyclic amines) is 1. The number of nitrogens with two attached hydrogens (primary N) is 1. The van der Waals surface area contributed by atoms with Gasteiger partial charge in [0.2, 0.25) is 5.91 Å². The highest BCUT2D eigenvalue weighted by molar-refractivity contribution is 5.90. The minimum atomic E-state index is -0.620. The quantitative estimate of drug-likeness (QED) is 0.697. The second-order valence-corrected chi connectivity index (χ2v) is 6.87. The fraction of sp³-hybridized carbons (Fsp3) is 0.316. The van der Waals surface area contributed by atoms with Crippen molar-refractivity contribution in [2.24, 2.45) is 5.73 Å². The van der Waals surface area contributed by atoms with E-state index >= 15 is 0 Å². The highest BCUT2D eigenvalue weighted by Crippen LogP contribution is 2.30. The van der Waals surface area contributed by atoms with Gasteiger partial charge in [-0.1, -0.05) is 12.1 Å². The summed E-state index contributed by atoms with van der Waals surface area (Å²) in [5.41, 5.74) is 6.44. The Morgan fingerprint density at radius 1 is 1.25 bits per heavy atom. The van der Waals surface area contributed by atoms with Crippen LogP contribution in [0.1, 0.15) is 41.5 Å². The number of fused-ring (bicyclic) bond motifs is 1. The number of nitrogens with one attached hydrogen (secondary N) is 1. The smallest absolute Gasteiger partial charge is 0.269 e. The van der Waals surface area contributed by atoms with Crippen LogP contribution in [0, 0.1) is 0 Å². The van der Waals surface area contributed by atoms with Gasteiger partial charge in [-0.25, -0.2) is 4.98 Å². The van der Waals surface area contributed by atoms with Gasteiger partial charge in [-0.3, -0.25) is 24.0 Å². The molecule has 1 fully saturated rings. The molecule has 1 aromatic carbocycles. The highest BCUT2D eigenvalue weighted by atomic mass is 16.2. The fourth-order valence-corrected chi connectivity index (χ4v) is 3.64. The second-order valence-electron chi connectivity index (χ2n) is 6.87. The van der Waals surface area contributed by atoms with E-state index < -0.39 is 5.91 Å². The predicted octanol–water partition coefficient (Wildman–Crippen LogP) is 0.972. The SMILES string of the molecule is NC(=O)c1cc(C2CCCCN2C(=O)Cn2cnc3ccccc3c2=O)[nH]n1. The standard InChI is InChI=1S/C19H20N6O3/c20-18(27)15-9-14(22-23-15)16-7-3-4-8-25(16)17(26)10-24-11-21-13-6-2-1-5-12(13)19(24)28/h1-2,5-6,9,11,16H,3-4,7-8,10H2,(H2,20,27)(H,22,23). The number of rotatable bonds is 4. The summed E-state index contributed by atoms with van der Waals surface area (Å²) in [7, 11) is 0. The van der Waals surface area contributed by atoms with Gasteiger partial charge in [-0.15, -0.1) is 0 Å². The average molecular weight is 380 g/mol. The fourth-order valence-electron chi connectivity index (χ4n) is 3.64. The third-order valence-electron chi connectivity index (χ3n) is 5.07. The molecule has 0 bridgehead atoms. The van der Waals surface area contributed by atoms with Gasteiger partial charge < -0.3 is 10.6 Å². The lowest BCUT2D eigenvalue weighted by molar-refractivity contribution is -0.135. The Balaban J connectivity index is 1.59. The van der Waals surface area contributed by atoms with Crippen LogP contribution in [-0.4, -0.2) is 43.0 Å². The average Bonchev–Trinajstić information content (AvgIpc) is 3.21. The number of benzene rings is 1. The maximum absolute atomic E-state index is 13.0. The van der Waals surface area contributed by atoms with Gasteiger partial charge in [-0.05, 0) is 37.5 Å². The first-order valence-electron chi connectivity index (χ1n) is 9.13. The van der Waals surface area contributed by atoms with Crippen LogP contribution in [-0.2, 0) is 11.3 Å². The third kappa shape index (κ3) is 3.26. The van der Waals surface area contributed by atoms with Crippen LogP contribution in [0.3, 0.4) is 0 Å².